The number of amides is 3. The molecule has 0 atom stereocenters. The van der Waals surface area contributed by atoms with Crippen molar-refractivity contribution in [2.75, 3.05) is 25.4 Å². The fourth-order valence-electron chi connectivity index (χ4n) is 4.02. The summed E-state index contributed by atoms with van der Waals surface area (Å²) < 4.78 is 1.67. The Labute approximate surface area is 174 Å². The summed E-state index contributed by atoms with van der Waals surface area (Å²) in [5.41, 5.74) is 15.2. The molecule has 0 spiro atoms. The van der Waals surface area contributed by atoms with Crippen LogP contribution < -0.4 is 16.8 Å². The van der Waals surface area contributed by atoms with Crippen LogP contribution in [0.2, 0.25) is 0 Å². The van der Waals surface area contributed by atoms with Crippen molar-refractivity contribution in [1.29, 1.82) is 0 Å². The summed E-state index contributed by atoms with van der Waals surface area (Å²) in [6.07, 6.45) is 3.08. The highest BCUT2D eigenvalue weighted by Crippen LogP contribution is 2.37. The number of carbonyl (C=O) groups excluding carboxylic acids is 2. The number of urea groups is 1. The van der Waals surface area contributed by atoms with Gasteiger partial charge in [0.2, 0.25) is 5.95 Å². The SMILES string of the molecule is CCNC(=O)c1cn2c(N)nc(-c3ccccc3)c(C3CCN(C(N)=O)CC3)c2n1. The number of hydrogen-bond acceptors (Lipinski definition) is 5. The van der Waals surface area contributed by atoms with Crippen LogP contribution in [0.3, 0.4) is 0 Å². The fourth-order valence-corrected chi connectivity index (χ4v) is 4.02. The van der Waals surface area contributed by atoms with Gasteiger partial charge in [-0.15, -0.1) is 0 Å². The van der Waals surface area contributed by atoms with Crippen LogP contribution in [-0.2, 0) is 0 Å². The number of nitrogen functional groups attached to an aromatic ring is 1. The summed E-state index contributed by atoms with van der Waals surface area (Å²) in [5.74, 6) is 0.123. The lowest BCUT2D eigenvalue weighted by Gasteiger charge is -2.31. The van der Waals surface area contributed by atoms with Crippen molar-refractivity contribution in [3.63, 3.8) is 0 Å². The number of anilines is 1. The molecule has 0 aliphatic carbocycles. The molecular weight excluding hydrogens is 382 g/mol. The molecule has 0 unspecified atom stereocenters. The number of piperidine rings is 1. The smallest absolute Gasteiger partial charge is 0.314 e. The van der Waals surface area contributed by atoms with E-state index in [1.54, 1.807) is 15.5 Å². The quantitative estimate of drug-likeness (QED) is 0.608. The molecule has 3 heterocycles. The summed E-state index contributed by atoms with van der Waals surface area (Å²) >= 11 is 0. The zero-order valence-electron chi connectivity index (χ0n) is 16.8. The molecule has 156 valence electrons. The first-order chi connectivity index (χ1) is 14.5. The van der Waals surface area contributed by atoms with Gasteiger partial charge in [0, 0.05) is 37.0 Å². The Balaban J connectivity index is 1.87. The molecule has 1 saturated heterocycles. The molecule has 0 bridgehead atoms. The molecular formula is C21H25N7O2. The highest BCUT2D eigenvalue weighted by molar-refractivity contribution is 5.93. The van der Waals surface area contributed by atoms with Crippen LogP contribution in [0.15, 0.2) is 36.5 Å². The van der Waals surface area contributed by atoms with E-state index in [0.717, 1.165) is 29.7 Å². The van der Waals surface area contributed by atoms with Gasteiger partial charge in [-0.1, -0.05) is 30.3 Å². The largest absolute Gasteiger partial charge is 0.369 e. The summed E-state index contributed by atoms with van der Waals surface area (Å²) in [4.78, 5) is 34.9. The first-order valence-corrected chi connectivity index (χ1v) is 10.1. The van der Waals surface area contributed by atoms with E-state index in [1.165, 1.54) is 0 Å². The molecule has 3 aromatic rings. The minimum absolute atomic E-state index is 0.107. The maximum atomic E-state index is 12.4. The third kappa shape index (κ3) is 3.54. The summed E-state index contributed by atoms with van der Waals surface area (Å²) in [6, 6.07) is 9.39. The second-order valence-corrected chi connectivity index (χ2v) is 7.38. The molecule has 1 aliphatic rings. The molecule has 1 fully saturated rings. The van der Waals surface area contributed by atoms with E-state index in [-0.39, 0.29) is 17.8 Å². The molecule has 0 saturated carbocycles. The van der Waals surface area contributed by atoms with E-state index in [2.05, 4.69) is 15.3 Å². The number of hydrogen-bond donors (Lipinski definition) is 3. The lowest BCUT2D eigenvalue weighted by atomic mass is 9.87. The monoisotopic (exact) mass is 407 g/mol. The topological polar surface area (TPSA) is 132 Å². The summed E-state index contributed by atoms with van der Waals surface area (Å²) in [5, 5.41) is 2.77. The number of nitrogens with zero attached hydrogens (tertiary/aromatic N) is 4. The average molecular weight is 407 g/mol. The van der Waals surface area contributed by atoms with Gasteiger partial charge in [-0.25, -0.2) is 14.8 Å². The number of rotatable bonds is 4. The van der Waals surface area contributed by atoms with Gasteiger partial charge < -0.3 is 21.7 Å². The number of likely N-dealkylation sites (tertiary alicyclic amines) is 1. The molecule has 0 radical (unpaired) electrons. The van der Waals surface area contributed by atoms with E-state index in [9.17, 15) is 9.59 Å². The van der Waals surface area contributed by atoms with Crippen LogP contribution in [0.4, 0.5) is 10.7 Å². The van der Waals surface area contributed by atoms with Gasteiger partial charge in [-0.05, 0) is 25.7 Å². The van der Waals surface area contributed by atoms with Gasteiger partial charge in [0.15, 0.2) is 0 Å². The maximum Gasteiger partial charge on any atom is 0.314 e. The number of nitrogens with one attached hydrogen (secondary N) is 1. The van der Waals surface area contributed by atoms with Crippen LogP contribution in [0.5, 0.6) is 0 Å². The number of carbonyl (C=O) groups is 2. The van der Waals surface area contributed by atoms with Gasteiger partial charge >= 0.3 is 6.03 Å². The zero-order chi connectivity index (χ0) is 21.3. The third-order valence-electron chi connectivity index (χ3n) is 5.51. The van der Waals surface area contributed by atoms with Crippen molar-refractivity contribution < 1.29 is 9.59 Å². The van der Waals surface area contributed by atoms with E-state index in [1.807, 2.05) is 37.3 Å². The summed E-state index contributed by atoms with van der Waals surface area (Å²) in [6.45, 7) is 3.49. The number of primary amides is 1. The van der Waals surface area contributed by atoms with Crippen molar-refractivity contribution >= 4 is 23.5 Å². The van der Waals surface area contributed by atoms with Crippen LogP contribution in [0.1, 0.15) is 41.7 Å². The maximum absolute atomic E-state index is 12.4. The molecule has 9 heteroatoms. The Hall–Kier alpha value is -3.62. The third-order valence-corrected chi connectivity index (χ3v) is 5.51. The van der Waals surface area contributed by atoms with Crippen molar-refractivity contribution in [2.45, 2.75) is 25.7 Å². The van der Waals surface area contributed by atoms with Gasteiger partial charge in [-0.3, -0.25) is 9.20 Å². The predicted octanol–water partition coefficient (Wildman–Crippen LogP) is 1.99. The molecule has 4 rings (SSSR count). The number of nitrogens with two attached hydrogens (primary N) is 2. The Morgan fingerprint density at radius 1 is 1.17 bits per heavy atom. The van der Waals surface area contributed by atoms with Crippen LogP contribution >= 0.6 is 0 Å². The Morgan fingerprint density at radius 2 is 1.87 bits per heavy atom. The molecule has 3 amide bonds. The van der Waals surface area contributed by atoms with E-state index >= 15 is 0 Å². The molecule has 1 aliphatic heterocycles. The predicted molar refractivity (Wildman–Crippen MR) is 114 cm³/mol. The normalized spacial score (nSPS) is 14.8. The van der Waals surface area contributed by atoms with Crippen molar-refractivity contribution in [2.24, 2.45) is 5.73 Å². The van der Waals surface area contributed by atoms with E-state index < -0.39 is 6.03 Å². The first kappa shape index (κ1) is 19.7. The Kier molecular flexibility index (Phi) is 5.26. The highest BCUT2D eigenvalue weighted by atomic mass is 16.2. The standard InChI is InChI=1S/C21H25N7O2/c1-2-24-19(29)15-12-28-18(25-15)16(13-8-10-27(11-9-13)21(23)30)17(26-20(28)22)14-6-4-3-5-7-14/h3-7,12-13H,2,8-11H2,1H3,(H2,22,26)(H2,23,30)(H,24,29). The minimum Gasteiger partial charge on any atom is -0.369 e. The number of imidazole rings is 1. The highest BCUT2D eigenvalue weighted by Gasteiger charge is 2.29. The van der Waals surface area contributed by atoms with Crippen LogP contribution in [-0.4, -0.2) is 50.8 Å². The van der Waals surface area contributed by atoms with E-state index in [4.69, 9.17) is 11.5 Å². The van der Waals surface area contributed by atoms with Gasteiger partial charge in [-0.2, -0.15) is 0 Å². The van der Waals surface area contributed by atoms with Gasteiger partial charge in [0.25, 0.3) is 5.91 Å². The van der Waals surface area contributed by atoms with Crippen LogP contribution in [0, 0.1) is 0 Å². The minimum atomic E-state index is -0.406. The van der Waals surface area contributed by atoms with Gasteiger partial charge in [0.05, 0.1) is 5.69 Å². The van der Waals surface area contributed by atoms with Gasteiger partial charge in [0.1, 0.15) is 11.3 Å². The van der Waals surface area contributed by atoms with Crippen LogP contribution in [0.25, 0.3) is 16.9 Å². The van der Waals surface area contributed by atoms with E-state index in [0.29, 0.717) is 31.0 Å². The first-order valence-electron chi connectivity index (χ1n) is 10.1. The molecule has 1 aromatic carbocycles. The molecule has 30 heavy (non-hydrogen) atoms. The van der Waals surface area contributed by atoms with Crippen molar-refractivity contribution in [3.05, 3.63) is 47.8 Å². The lowest BCUT2D eigenvalue weighted by Crippen LogP contribution is -2.41. The second kappa shape index (κ2) is 8.02. The summed E-state index contributed by atoms with van der Waals surface area (Å²) in [7, 11) is 0. The zero-order valence-corrected chi connectivity index (χ0v) is 16.8. The van der Waals surface area contributed by atoms with Crippen molar-refractivity contribution in [3.8, 4) is 11.3 Å². The number of benzene rings is 1. The Bertz CT molecular complexity index is 1090. The number of aromatic nitrogens is 3. The lowest BCUT2D eigenvalue weighted by molar-refractivity contribution is 0.0951. The Morgan fingerprint density at radius 3 is 2.50 bits per heavy atom. The molecule has 9 nitrogen and oxygen atoms in total. The average Bonchev–Trinajstić information content (AvgIpc) is 3.21. The second-order valence-electron chi connectivity index (χ2n) is 7.38. The molecule has 2 aromatic heterocycles. The molecule has 5 N–H and O–H groups in total. The fraction of sp³-hybridized carbons (Fsp3) is 0.333. The van der Waals surface area contributed by atoms with Crippen molar-refractivity contribution in [1.82, 2.24) is 24.6 Å². The number of fused-ring (bicyclic) bond motifs is 1.